The Labute approximate surface area is 215 Å². The van der Waals surface area contributed by atoms with Gasteiger partial charge in [-0.05, 0) is 48.9 Å². The van der Waals surface area contributed by atoms with Crippen molar-refractivity contribution in [1.29, 1.82) is 0 Å². The predicted molar refractivity (Wildman–Crippen MR) is 136 cm³/mol. The van der Waals surface area contributed by atoms with Crippen LogP contribution in [0.3, 0.4) is 0 Å². The number of rotatable bonds is 6. The highest BCUT2D eigenvalue weighted by atomic mass is 35.5. The van der Waals surface area contributed by atoms with Crippen LogP contribution in [0.5, 0.6) is 0 Å². The summed E-state index contributed by atoms with van der Waals surface area (Å²) in [7, 11) is 0. The summed E-state index contributed by atoms with van der Waals surface area (Å²) in [5.41, 5.74) is -0.0564. The van der Waals surface area contributed by atoms with E-state index in [1.54, 1.807) is 48.7 Å². The minimum absolute atomic E-state index is 0.0515. The molecule has 0 atom stereocenters. The molecule has 9 nitrogen and oxygen atoms in total. The number of carbonyl (C=O) groups excluding carboxylic acids is 2. The van der Waals surface area contributed by atoms with Gasteiger partial charge in [0.15, 0.2) is 0 Å². The third-order valence-corrected chi connectivity index (χ3v) is 6.34. The van der Waals surface area contributed by atoms with Gasteiger partial charge in [-0.1, -0.05) is 23.7 Å². The first kappa shape index (κ1) is 24.5. The molecule has 1 N–H and O–H groups in total. The first-order valence-electron chi connectivity index (χ1n) is 11.5. The van der Waals surface area contributed by atoms with E-state index < -0.39 is 23.0 Å². The van der Waals surface area contributed by atoms with E-state index in [2.05, 4.69) is 20.5 Å². The van der Waals surface area contributed by atoms with Gasteiger partial charge in [0.2, 0.25) is 5.91 Å². The molecule has 1 aromatic carbocycles. The number of pyridine rings is 2. The fraction of sp³-hybridized carbons (Fsp3) is 0.231. The normalized spacial score (nSPS) is 14.3. The fourth-order valence-corrected chi connectivity index (χ4v) is 4.34. The molecule has 188 valence electrons. The molecule has 0 unspecified atom stereocenters. The first-order chi connectivity index (χ1) is 17.7. The molecule has 4 heterocycles. The lowest BCUT2D eigenvalue weighted by atomic mass is 9.99. The number of benzene rings is 1. The smallest absolute Gasteiger partial charge is 0.265 e. The topological polar surface area (TPSA) is 110 Å². The molecule has 0 saturated carbocycles. The minimum atomic E-state index is -1.45. The number of aromatic nitrogens is 4. The third kappa shape index (κ3) is 5.19. The summed E-state index contributed by atoms with van der Waals surface area (Å²) in [6.07, 6.45) is 3.07. The van der Waals surface area contributed by atoms with Crippen LogP contribution in [0.25, 0.3) is 22.3 Å². The zero-order valence-corrected chi connectivity index (χ0v) is 20.6. The van der Waals surface area contributed by atoms with Gasteiger partial charge in [-0.15, -0.1) is 0 Å². The van der Waals surface area contributed by atoms with Crippen LogP contribution < -0.4 is 10.9 Å². The molecule has 4 aromatic rings. The Bertz CT molecular complexity index is 1550. The Kier molecular flexibility index (Phi) is 6.43. The molecule has 37 heavy (non-hydrogen) atoms. The SMILES string of the molecule is CC1(F)CN(C(=O)Cn2c(=O)c(C(=O)NCc3ccc(Cl)cc3)cc3cc(-c4cccnn4)cnc32)C1. The number of nitrogens with one attached hydrogen (secondary N) is 1. The van der Waals surface area contributed by atoms with Crippen molar-refractivity contribution >= 4 is 34.4 Å². The minimum Gasteiger partial charge on any atom is -0.348 e. The molecule has 1 saturated heterocycles. The van der Waals surface area contributed by atoms with Gasteiger partial charge in [-0.3, -0.25) is 19.0 Å². The molecule has 11 heteroatoms. The lowest BCUT2D eigenvalue weighted by Crippen LogP contribution is -2.60. The second-order valence-electron chi connectivity index (χ2n) is 9.17. The van der Waals surface area contributed by atoms with Gasteiger partial charge in [0.05, 0.1) is 18.8 Å². The molecule has 1 fully saturated rings. The van der Waals surface area contributed by atoms with E-state index >= 15 is 0 Å². The summed E-state index contributed by atoms with van der Waals surface area (Å²) >= 11 is 5.92. The lowest BCUT2D eigenvalue weighted by Gasteiger charge is -2.42. The molecule has 1 aliphatic heterocycles. The van der Waals surface area contributed by atoms with Crippen LogP contribution in [-0.4, -0.2) is 55.2 Å². The number of carbonyl (C=O) groups is 2. The molecular weight excluding hydrogens is 499 g/mol. The highest BCUT2D eigenvalue weighted by Gasteiger charge is 2.41. The van der Waals surface area contributed by atoms with E-state index in [0.29, 0.717) is 21.7 Å². The van der Waals surface area contributed by atoms with Crippen molar-refractivity contribution in [1.82, 2.24) is 30.0 Å². The van der Waals surface area contributed by atoms with Gasteiger partial charge in [0.1, 0.15) is 23.4 Å². The number of halogens is 2. The maximum atomic E-state index is 14.0. The number of nitrogens with zero attached hydrogens (tertiary/aromatic N) is 5. The van der Waals surface area contributed by atoms with Crippen LogP contribution in [0.15, 0.2) is 65.7 Å². The summed E-state index contributed by atoms with van der Waals surface area (Å²) in [5.74, 6) is -1.04. The molecule has 1 aliphatic rings. The van der Waals surface area contributed by atoms with E-state index in [-0.39, 0.29) is 37.4 Å². The van der Waals surface area contributed by atoms with Crippen LogP contribution in [0.4, 0.5) is 4.39 Å². The Balaban J connectivity index is 1.52. The van der Waals surface area contributed by atoms with E-state index in [0.717, 1.165) is 10.1 Å². The van der Waals surface area contributed by atoms with Crippen molar-refractivity contribution in [2.45, 2.75) is 25.7 Å². The fourth-order valence-electron chi connectivity index (χ4n) is 4.21. The second kappa shape index (κ2) is 9.70. The molecular formula is C26H22ClFN6O3. The first-order valence-corrected chi connectivity index (χ1v) is 11.9. The van der Waals surface area contributed by atoms with Gasteiger partial charge < -0.3 is 10.2 Å². The van der Waals surface area contributed by atoms with Gasteiger partial charge in [0.25, 0.3) is 11.5 Å². The number of hydrogen-bond donors (Lipinski definition) is 1. The van der Waals surface area contributed by atoms with Crippen LogP contribution in [-0.2, 0) is 17.9 Å². The summed E-state index contributed by atoms with van der Waals surface area (Å²) in [6, 6.07) is 13.6. The zero-order valence-electron chi connectivity index (χ0n) is 19.8. The molecule has 0 aliphatic carbocycles. The molecule has 5 rings (SSSR count). The molecule has 0 spiro atoms. The van der Waals surface area contributed by atoms with Gasteiger partial charge in [-0.25, -0.2) is 9.37 Å². The summed E-state index contributed by atoms with van der Waals surface area (Å²) < 4.78 is 15.1. The molecule has 0 bridgehead atoms. The van der Waals surface area contributed by atoms with E-state index in [1.807, 2.05) is 0 Å². The number of likely N-dealkylation sites (tertiary alicyclic amines) is 1. The quantitative estimate of drug-likeness (QED) is 0.418. The van der Waals surface area contributed by atoms with E-state index in [1.165, 1.54) is 24.1 Å². The zero-order chi connectivity index (χ0) is 26.2. The number of amides is 2. The van der Waals surface area contributed by atoms with Crippen molar-refractivity contribution in [3.8, 4) is 11.3 Å². The van der Waals surface area contributed by atoms with Crippen LogP contribution in [0.2, 0.25) is 5.02 Å². The summed E-state index contributed by atoms with van der Waals surface area (Å²) in [6.45, 7) is 1.11. The predicted octanol–water partition coefficient (Wildman–Crippen LogP) is 3.01. The summed E-state index contributed by atoms with van der Waals surface area (Å²) in [5, 5.41) is 11.7. The van der Waals surface area contributed by atoms with E-state index in [4.69, 9.17) is 11.6 Å². The Morgan fingerprint density at radius 1 is 1.16 bits per heavy atom. The monoisotopic (exact) mass is 520 g/mol. The standard InChI is InChI=1S/C26H22ClFN6O3/c1-26(28)14-33(15-26)22(35)13-34-23-17(9-18(12-29-23)21-3-2-8-31-32-21)10-20(25(34)37)24(36)30-11-16-4-6-19(27)7-5-16/h2-10,12H,11,13-15H2,1H3,(H,30,36). The molecule has 2 amide bonds. The Hall–Kier alpha value is -4.18. The largest absolute Gasteiger partial charge is 0.348 e. The third-order valence-electron chi connectivity index (χ3n) is 6.09. The van der Waals surface area contributed by atoms with E-state index in [9.17, 15) is 18.8 Å². The molecule has 3 aromatic heterocycles. The highest BCUT2D eigenvalue weighted by molar-refractivity contribution is 6.30. The highest BCUT2D eigenvalue weighted by Crippen LogP contribution is 2.25. The number of alkyl halides is 1. The second-order valence-corrected chi connectivity index (χ2v) is 9.60. The van der Waals surface area contributed by atoms with Gasteiger partial charge >= 0.3 is 0 Å². The van der Waals surface area contributed by atoms with Crippen molar-refractivity contribution < 1.29 is 14.0 Å². The lowest BCUT2D eigenvalue weighted by molar-refractivity contribution is -0.144. The average molecular weight is 521 g/mol. The maximum Gasteiger partial charge on any atom is 0.265 e. The average Bonchev–Trinajstić information content (AvgIpc) is 2.88. The molecule has 0 radical (unpaired) electrons. The van der Waals surface area contributed by atoms with Crippen LogP contribution in [0.1, 0.15) is 22.8 Å². The number of fused-ring (bicyclic) bond motifs is 1. The summed E-state index contributed by atoms with van der Waals surface area (Å²) in [4.78, 5) is 45.1. The van der Waals surface area contributed by atoms with Crippen molar-refractivity contribution in [2.75, 3.05) is 13.1 Å². The van der Waals surface area contributed by atoms with Crippen molar-refractivity contribution in [3.63, 3.8) is 0 Å². The van der Waals surface area contributed by atoms with Crippen molar-refractivity contribution in [2.24, 2.45) is 0 Å². The number of hydrogen-bond acceptors (Lipinski definition) is 6. The van der Waals surface area contributed by atoms with Crippen molar-refractivity contribution in [3.05, 3.63) is 87.4 Å². The van der Waals surface area contributed by atoms with Gasteiger partial charge in [-0.2, -0.15) is 10.2 Å². The Morgan fingerprint density at radius 3 is 2.59 bits per heavy atom. The van der Waals surface area contributed by atoms with Crippen LogP contribution in [0, 0.1) is 0 Å². The van der Waals surface area contributed by atoms with Gasteiger partial charge in [0, 0.05) is 34.9 Å². The Morgan fingerprint density at radius 2 is 1.92 bits per heavy atom. The van der Waals surface area contributed by atoms with Crippen LogP contribution >= 0.6 is 11.6 Å². The maximum absolute atomic E-state index is 14.0.